The molecule has 1 atom stereocenters. The minimum absolute atomic E-state index is 0.132. The Morgan fingerprint density at radius 2 is 2.29 bits per heavy atom. The Morgan fingerprint density at radius 3 is 2.90 bits per heavy atom. The molecule has 1 aliphatic rings. The number of aromatic nitrogens is 2. The minimum atomic E-state index is -3.60. The maximum Gasteiger partial charge on any atom is 0.246 e. The van der Waals surface area contributed by atoms with Gasteiger partial charge in [-0.15, -0.1) is 11.3 Å². The molecular weight excluding hydrogens is 312 g/mol. The van der Waals surface area contributed by atoms with Crippen LogP contribution in [0.25, 0.3) is 0 Å². The summed E-state index contributed by atoms with van der Waals surface area (Å²) in [7, 11) is -3.60. The molecule has 1 saturated heterocycles. The van der Waals surface area contributed by atoms with E-state index in [1.165, 1.54) is 0 Å². The second-order valence-electron chi connectivity index (χ2n) is 5.02. The molecule has 21 heavy (non-hydrogen) atoms. The Kier molecular flexibility index (Phi) is 3.72. The molecule has 0 aliphatic carbocycles. The van der Waals surface area contributed by atoms with Crippen LogP contribution in [0.2, 0.25) is 0 Å². The molecule has 0 saturated carbocycles. The normalized spacial score (nSPS) is 19.3. The van der Waals surface area contributed by atoms with E-state index in [0.29, 0.717) is 18.0 Å². The van der Waals surface area contributed by atoms with Gasteiger partial charge in [0.1, 0.15) is 10.6 Å². The van der Waals surface area contributed by atoms with Crippen molar-refractivity contribution in [2.24, 2.45) is 0 Å². The van der Waals surface area contributed by atoms with Gasteiger partial charge in [-0.1, -0.05) is 5.16 Å². The van der Waals surface area contributed by atoms with Crippen molar-refractivity contribution >= 4 is 26.5 Å². The number of rotatable bonds is 4. The number of thiazole rings is 1. The Bertz CT molecular complexity index is 704. The number of aryl methyl sites for hydroxylation is 2. The van der Waals surface area contributed by atoms with Crippen LogP contribution in [-0.4, -0.2) is 37.7 Å². The minimum Gasteiger partial charge on any atom is -0.360 e. The highest BCUT2D eigenvalue weighted by atomic mass is 32.2. The average molecular weight is 328 g/mol. The molecule has 3 heterocycles. The van der Waals surface area contributed by atoms with Crippen molar-refractivity contribution in [2.75, 3.05) is 18.0 Å². The quantitative estimate of drug-likeness (QED) is 0.910. The third-order valence-corrected chi connectivity index (χ3v) is 6.03. The van der Waals surface area contributed by atoms with Gasteiger partial charge in [0.15, 0.2) is 10.9 Å². The molecule has 3 rings (SSSR count). The number of sulfonamides is 1. The molecule has 7 nitrogen and oxygen atoms in total. The summed E-state index contributed by atoms with van der Waals surface area (Å²) in [5, 5.41) is 6.54. The van der Waals surface area contributed by atoms with Gasteiger partial charge in [-0.2, -0.15) is 0 Å². The molecule has 114 valence electrons. The van der Waals surface area contributed by atoms with Crippen LogP contribution in [0.5, 0.6) is 0 Å². The van der Waals surface area contributed by atoms with E-state index in [2.05, 4.69) is 19.8 Å². The standard InChI is InChI=1S/C12H16N4O3S2/c1-8-11(9(2)19-14-8)21(17,18)15-10-3-5-16(7-10)12-13-4-6-20-12/h4,6,10,15H,3,5,7H2,1-2H3. The Labute approximate surface area is 127 Å². The number of nitrogens with one attached hydrogen (secondary N) is 1. The first-order valence-corrected chi connectivity index (χ1v) is 8.93. The predicted molar refractivity (Wildman–Crippen MR) is 79.0 cm³/mol. The third-order valence-electron chi connectivity index (χ3n) is 3.44. The van der Waals surface area contributed by atoms with Gasteiger partial charge >= 0.3 is 0 Å². The lowest BCUT2D eigenvalue weighted by Gasteiger charge is -2.15. The summed E-state index contributed by atoms with van der Waals surface area (Å²) in [6, 6.07) is -0.132. The van der Waals surface area contributed by atoms with E-state index in [-0.39, 0.29) is 10.9 Å². The zero-order valence-electron chi connectivity index (χ0n) is 11.7. The largest absolute Gasteiger partial charge is 0.360 e. The van der Waals surface area contributed by atoms with Gasteiger partial charge in [0.05, 0.1) is 0 Å². The second kappa shape index (κ2) is 5.39. The van der Waals surface area contributed by atoms with Crippen molar-refractivity contribution in [3.8, 4) is 0 Å². The number of hydrogen-bond acceptors (Lipinski definition) is 7. The maximum atomic E-state index is 12.4. The Morgan fingerprint density at radius 1 is 1.48 bits per heavy atom. The van der Waals surface area contributed by atoms with Gasteiger partial charge in [0, 0.05) is 30.7 Å². The zero-order valence-corrected chi connectivity index (χ0v) is 13.4. The predicted octanol–water partition coefficient (Wildman–Crippen LogP) is 1.31. The monoisotopic (exact) mass is 328 g/mol. The van der Waals surface area contributed by atoms with Gasteiger partial charge in [0.25, 0.3) is 0 Å². The molecule has 9 heteroatoms. The molecule has 1 fully saturated rings. The van der Waals surface area contributed by atoms with E-state index in [4.69, 9.17) is 4.52 Å². The lowest BCUT2D eigenvalue weighted by Crippen LogP contribution is -2.37. The van der Waals surface area contributed by atoms with Crippen LogP contribution in [0, 0.1) is 13.8 Å². The van der Waals surface area contributed by atoms with E-state index in [0.717, 1.165) is 18.1 Å². The summed E-state index contributed by atoms with van der Waals surface area (Å²) in [4.78, 5) is 6.49. The van der Waals surface area contributed by atoms with Crippen LogP contribution in [0.15, 0.2) is 21.0 Å². The van der Waals surface area contributed by atoms with Crippen LogP contribution in [0.4, 0.5) is 5.13 Å². The van der Waals surface area contributed by atoms with E-state index in [9.17, 15) is 8.42 Å². The van der Waals surface area contributed by atoms with Crippen molar-refractivity contribution in [1.82, 2.24) is 14.9 Å². The first-order valence-electron chi connectivity index (χ1n) is 6.57. The summed E-state index contributed by atoms with van der Waals surface area (Å²) in [6.07, 6.45) is 2.50. The topological polar surface area (TPSA) is 88.3 Å². The lowest BCUT2D eigenvalue weighted by atomic mass is 10.3. The Balaban J connectivity index is 1.73. The highest BCUT2D eigenvalue weighted by Crippen LogP contribution is 2.24. The van der Waals surface area contributed by atoms with Gasteiger partial charge in [-0.05, 0) is 20.3 Å². The summed E-state index contributed by atoms with van der Waals surface area (Å²) < 4.78 is 32.6. The van der Waals surface area contributed by atoms with E-state index < -0.39 is 10.0 Å². The molecule has 0 radical (unpaired) electrons. The van der Waals surface area contributed by atoms with Crippen molar-refractivity contribution in [3.63, 3.8) is 0 Å². The lowest BCUT2D eigenvalue weighted by molar-refractivity contribution is 0.390. The Hall–Kier alpha value is -1.45. The average Bonchev–Trinajstić information content (AvgIpc) is 3.09. The van der Waals surface area contributed by atoms with Crippen LogP contribution in [0.1, 0.15) is 17.9 Å². The maximum absolute atomic E-state index is 12.4. The summed E-state index contributed by atoms with van der Waals surface area (Å²) in [5.41, 5.74) is 0.384. The molecule has 1 unspecified atom stereocenters. The van der Waals surface area contributed by atoms with Crippen LogP contribution >= 0.6 is 11.3 Å². The first-order chi connectivity index (χ1) is 9.97. The smallest absolute Gasteiger partial charge is 0.246 e. The highest BCUT2D eigenvalue weighted by Gasteiger charge is 2.31. The fourth-order valence-corrected chi connectivity index (χ4v) is 4.81. The highest BCUT2D eigenvalue weighted by molar-refractivity contribution is 7.89. The van der Waals surface area contributed by atoms with E-state index in [1.54, 1.807) is 31.4 Å². The van der Waals surface area contributed by atoms with Crippen molar-refractivity contribution in [2.45, 2.75) is 31.2 Å². The first kappa shape index (κ1) is 14.5. The SMILES string of the molecule is Cc1noc(C)c1S(=O)(=O)NC1CCN(c2nccs2)C1. The summed E-state index contributed by atoms with van der Waals surface area (Å²) in [5.74, 6) is 0.315. The van der Waals surface area contributed by atoms with Gasteiger partial charge in [0.2, 0.25) is 10.0 Å². The fraction of sp³-hybridized carbons (Fsp3) is 0.500. The molecule has 0 spiro atoms. The van der Waals surface area contributed by atoms with E-state index >= 15 is 0 Å². The molecule has 1 N–H and O–H groups in total. The molecular formula is C12H16N4O3S2. The third kappa shape index (κ3) is 2.81. The molecule has 2 aromatic heterocycles. The molecule has 0 aromatic carbocycles. The van der Waals surface area contributed by atoms with E-state index in [1.807, 2.05) is 5.38 Å². The van der Waals surface area contributed by atoms with Crippen molar-refractivity contribution in [3.05, 3.63) is 23.0 Å². The number of anilines is 1. The molecule has 2 aromatic rings. The van der Waals surface area contributed by atoms with Crippen LogP contribution in [-0.2, 0) is 10.0 Å². The van der Waals surface area contributed by atoms with Crippen molar-refractivity contribution in [1.29, 1.82) is 0 Å². The van der Waals surface area contributed by atoms with Gasteiger partial charge in [-0.3, -0.25) is 0 Å². The summed E-state index contributed by atoms with van der Waals surface area (Å²) >= 11 is 1.56. The molecule has 1 aliphatic heterocycles. The molecule has 0 amide bonds. The second-order valence-corrected chi connectivity index (χ2v) is 7.54. The number of hydrogen-bond donors (Lipinski definition) is 1. The number of nitrogens with zero attached hydrogens (tertiary/aromatic N) is 3. The molecule has 0 bridgehead atoms. The fourth-order valence-electron chi connectivity index (χ4n) is 2.54. The van der Waals surface area contributed by atoms with Crippen LogP contribution < -0.4 is 9.62 Å². The van der Waals surface area contributed by atoms with Gasteiger partial charge < -0.3 is 9.42 Å². The van der Waals surface area contributed by atoms with Gasteiger partial charge in [-0.25, -0.2) is 18.1 Å². The van der Waals surface area contributed by atoms with Crippen molar-refractivity contribution < 1.29 is 12.9 Å². The zero-order chi connectivity index (χ0) is 15.0. The summed E-state index contributed by atoms with van der Waals surface area (Å²) in [6.45, 7) is 4.64. The van der Waals surface area contributed by atoms with Crippen LogP contribution in [0.3, 0.4) is 0 Å².